The van der Waals surface area contributed by atoms with Gasteiger partial charge >= 0.3 is 0 Å². The summed E-state index contributed by atoms with van der Waals surface area (Å²) in [5.74, 6) is 0.355. The van der Waals surface area contributed by atoms with Gasteiger partial charge in [0.1, 0.15) is 10.7 Å². The Morgan fingerprint density at radius 3 is 2.88 bits per heavy atom. The highest BCUT2D eigenvalue weighted by atomic mass is 32.2. The lowest BCUT2D eigenvalue weighted by Gasteiger charge is -2.08. The fourth-order valence-electron chi connectivity index (χ4n) is 1.34. The summed E-state index contributed by atoms with van der Waals surface area (Å²) < 4.78 is 27.7. The summed E-state index contributed by atoms with van der Waals surface area (Å²) in [6.07, 6.45) is 4.04. The molecule has 0 aliphatic heterocycles. The Morgan fingerprint density at radius 1 is 1.53 bits per heavy atom. The predicted molar refractivity (Wildman–Crippen MR) is 60.5 cm³/mol. The molecule has 0 aromatic carbocycles. The minimum Gasteiger partial charge on any atom is -0.326 e. The van der Waals surface area contributed by atoms with Crippen LogP contribution in [0.25, 0.3) is 0 Å². The first kappa shape index (κ1) is 11.6. The molecule has 0 aliphatic carbocycles. The maximum absolute atomic E-state index is 11.9. The first-order valence-corrected chi connectivity index (χ1v) is 6.25. The molecule has 0 saturated carbocycles. The number of nitrogens with zero attached hydrogens (tertiary/aromatic N) is 3. The van der Waals surface area contributed by atoms with Crippen LogP contribution in [0.4, 0.5) is 5.82 Å². The van der Waals surface area contributed by atoms with Crippen molar-refractivity contribution in [3.8, 4) is 0 Å². The number of hydrogen-bond acceptors (Lipinski definition) is 5. The van der Waals surface area contributed by atoms with Gasteiger partial charge in [-0.15, -0.1) is 0 Å². The molecular formula is C8H12N6O2S. The van der Waals surface area contributed by atoms with Crippen molar-refractivity contribution in [3.05, 3.63) is 24.2 Å². The van der Waals surface area contributed by atoms with E-state index in [4.69, 9.17) is 5.73 Å². The molecule has 92 valence electrons. The maximum atomic E-state index is 11.9. The lowest BCUT2D eigenvalue weighted by molar-refractivity contribution is 0.600. The molecule has 4 N–H and O–H groups in total. The number of anilines is 1. The van der Waals surface area contributed by atoms with E-state index in [0.717, 1.165) is 0 Å². The van der Waals surface area contributed by atoms with Crippen LogP contribution in [0.1, 0.15) is 5.56 Å². The molecule has 2 aromatic heterocycles. The van der Waals surface area contributed by atoms with Gasteiger partial charge in [0.15, 0.2) is 0 Å². The molecule has 0 fully saturated rings. The average Bonchev–Trinajstić information content (AvgIpc) is 2.90. The van der Waals surface area contributed by atoms with E-state index in [-0.39, 0.29) is 11.4 Å². The van der Waals surface area contributed by atoms with Crippen LogP contribution in [0.15, 0.2) is 23.5 Å². The van der Waals surface area contributed by atoms with E-state index < -0.39 is 10.0 Å². The van der Waals surface area contributed by atoms with Gasteiger partial charge in [0.05, 0.1) is 12.4 Å². The second-order valence-electron chi connectivity index (χ2n) is 3.39. The van der Waals surface area contributed by atoms with Crippen LogP contribution in [0.5, 0.6) is 0 Å². The fourth-order valence-corrected chi connectivity index (χ4v) is 2.37. The van der Waals surface area contributed by atoms with E-state index in [9.17, 15) is 8.42 Å². The number of sulfonamides is 1. The molecule has 2 rings (SSSR count). The van der Waals surface area contributed by atoms with Gasteiger partial charge in [-0.2, -0.15) is 10.2 Å². The maximum Gasteiger partial charge on any atom is 0.266 e. The van der Waals surface area contributed by atoms with E-state index in [1.807, 2.05) is 0 Å². The molecule has 2 heterocycles. The lowest BCUT2D eigenvalue weighted by atomic mass is 10.3. The highest BCUT2D eigenvalue weighted by Gasteiger charge is 2.19. The summed E-state index contributed by atoms with van der Waals surface area (Å²) >= 11 is 0. The Hall–Kier alpha value is -1.87. The highest BCUT2D eigenvalue weighted by molar-refractivity contribution is 7.92. The number of H-pyrrole nitrogens is 1. The van der Waals surface area contributed by atoms with Crippen molar-refractivity contribution in [2.45, 2.75) is 11.4 Å². The largest absolute Gasteiger partial charge is 0.326 e. The number of aromatic amines is 1. The van der Waals surface area contributed by atoms with Crippen LogP contribution in [-0.2, 0) is 23.6 Å². The van der Waals surface area contributed by atoms with Gasteiger partial charge in [-0.05, 0) is 0 Å². The second-order valence-corrected chi connectivity index (χ2v) is 5.07. The Labute approximate surface area is 97.9 Å². The molecule has 0 spiro atoms. The highest BCUT2D eigenvalue weighted by Crippen LogP contribution is 2.18. The first-order chi connectivity index (χ1) is 8.04. The van der Waals surface area contributed by atoms with Crippen molar-refractivity contribution in [3.63, 3.8) is 0 Å². The SMILES string of the molecule is Cn1ncc(CN)c1NS(=O)(=O)c1cn[nH]c1. The van der Waals surface area contributed by atoms with Crippen LogP contribution in [-0.4, -0.2) is 28.4 Å². The van der Waals surface area contributed by atoms with Crippen LogP contribution in [0, 0.1) is 0 Å². The molecular weight excluding hydrogens is 244 g/mol. The zero-order valence-electron chi connectivity index (χ0n) is 9.08. The van der Waals surface area contributed by atoms with E-state index >= 15 is 0 Å². The number of hydrogen-bond donors (Lipinski definition) is 3. The van der Waals surface area contributed by atoms with Gasteiger partial charge in [0.2, 0.25) is 0 Å². The third-order valence-corrected chi connectivity index (χ3v) is 3.55. The summed E-state index contributed by atoms with van der Waals surface area (Å²) in [7, 11) is -2.02. The standard InChI is InChI=1S/C8H12N6O2S/c1-14-8(6(2-9)3-12-14)13-17(15,16)7-4-10-11-5-7/h3-5,13H,2,9H2,1H3,(H,10,11). The molecule has 17 heavy (non-hydrogen) atoms. The van der Waals surface area contributed by atoms with E-state index in [1.54, 1.807) is 7.05 Å². The third-order valence-electron chi connectivity index (χ3n) is 2.25. The van der Waals surface area contributed by atoms with Crippen LogP contribution in [0.3, 0.4) is 0 Å². The molecule has 0 aliphatic rings. The number of rotatable bonds is 4. The van der Waals surface area contributed by atoms with Gasteiger partial charge in [-0.1, -0.05) is 0 Å². The molecule has 0 radical (unpaired) electrons. The van der Waals surface area contributed by atoms with Crippen molar-refractivity contribution < 1.29 is 8.42 Å². The van der Waals surface area contributed by atoms with Gasteiger partial charge in [-0.3, -0.25) is 14.5 Å². The molecule has 2 aromatic rings. The number of aryl methyl sites for hydroxylation is 1. The summed E-state index contributed by atoms with van der Waals surface area (Å²) in [6, 6.07) is 0. The Kier molecular flexibility index (Phi) is 2.86. The zero-order chi connectivity index (χ0) is 12.5. The summed E-state index contributed by atoms with van der Waals surface area (Å²) in [6.45, 7) is 0.205. The zero-order valence-corrected chi connectivity index (χ0v) is 9.90. The fraction of sp³-hybridized carbons (Fsp3) is 0.250. The minimum absolute atomic E-state index is 0.0571. The summed E-state index contributed by atoms with van der Waals surface area (Å²) in [4.78, 5) is 0.0571. The minimum atomic E-state index is -3.66. The average molecular weight is 256 g/mol. The lowest BCUT2D eigenvalue weighted by Crippen LogP contribution is -2.16. The molecule has 8 nitrogen and oxygen atoms in total. The Morgan fingerprint density at radius 2 is 2.29 bits per heavy atom. The predicted octanol–water partition coefficient (Wildman–Crippen LogP) is -0.597. The summed E-state index contributed by atoms with van der Waals surface area (Å²) in [5.41, 5.74) is 6.12. The van der Waals surface area contributed by atoms with Crippen LogP contribution < -0.4 is 10.5 Å². The Balaban J connectivity index is 2.36. The number of nitrogens with two attached hydrogens (primary N) is 1. The summed E-state index contributed by atoms with van der Waals surface area (Å²) in [5, 5.41) is 9.97. The Bertz CT molecular complexity index is 600. The van der Waals surface area contributed by atoms with Gasteiger partial charge in [0.25, 0.3) is 10.0 Å². The van der Waals surface area contributed by atoms with Crippen molar-refractivity contribution in [2.24, 2.45) is 12.8 Å². The third kappa shape index (κ3) is 2.15. The van der Waals surface area contributed by atoms with Crippen molar-refractivity contribution in [2.75, 3.05) is 4.72 Å². The monoisotopic (exact) mass is 256 g/mol. The van der Waals surface area contributed by atoms with Gasteiger partial charge in [-0.25, -0.2) is 8.42 Å². The molecule has 9 heteroatoms. The first-order valence-electron chi connectivity index (χ1n) is 4.77. The quantitative estimate of drug-likeness (QED) is 0.675. The molecule has 0 atom stereocenters. The normalized spacial score (nSPS) is 11.6. The van der Waals surface area contributed by atoms with Crippen LogP contribution >= 0.6 is 0 Å². The molecule has 0 unspecified atom stereocenters. The topological polar surface area (TPSA) is 119 Å². The van der Waals surface area contributed by atoms with E-state index in [0.29, 0.717) is 11.4 Å². The van der Waals surface area contributed by atoms with Crippen LogP contribution in [0.2, 0.25) is 0 Å². The smallest absolute Gasteiger partial charge is 0.266 e. The van der Waals surface area contributed by atoms with E-state index in [1.165, 1.54) is 23.3 Å². The van der Waals surface area contributed by atoms with Gasteiger partial charge < -0.3 is 5.73 Å². The number of nitrogens with one attached hydrogen (secondary N) is 2. The number of aromatic nitrogens is 4. The molecule has 0 bridgehead atoms. The van der Waals surface area contributed by atoms with Gasteiger partial charge in [0, 0.05) is 25.4 Å². The van der Waals surface area contributed by atoms with E-state index in [2.05, 4.69) is 20.0 Å². The molecule has 0 amide bonds. The van der Waals surface area contributed by atoms with Crippen molar-refractivity contribution >= 4 is 15.8 Å². The molecule has 0 saturated heterocycles. The van der Waals surface area contributed by atoms with Crippen molar-refractivity contribution in [1.82, 2.24) is 20.0 Å². The second kappa shape index (κ2) is 4.18. The van der Waals surface area contributed by atoms with Crippen molar-refractivity contribution in [1.29, 1.82) is 0 Å².